The van der Waals surface area contributed by atoms with Crippen molar-refractivity contribution in [3.8, 4) is 17.6 Å². The number of ether oxygens (including phenoxy) is 2. The van der Waals surface area contributed by atoms with E-state index in [1.54, 1.807) is 36.2 Å². The molecule has 0 unspecified atom stereocenters. The van der Waals surface area contributed by atoms with Crippen molar-refractivity contribution in [1.29, 1.82) is 0 Å². The van der Waals surface area contributed by atoms with Crippen LogP contribution in [0, 0.1) is 24.0 Å². The van der Waals surface area contributed by atoms with Gasteiger partial charge in [0.25, 0.3) is 15.8 Å². The molecule has 0 aliphatic rings. The van der Waals surface area contributed by atoms with Gasteiger partial charge in [0.05, 0.1) is 48.5 Å². The summed E-state index contributed by atoms with van der Waals surface area (Å²) in [5, 5.41) is 23.5. The third-order valence-electron chi connectivity index (χ3n) is 8.70. The van der Waals surface area contributed by atoms with Gasteiger partial charge >= 0.3 is 12.2 Å². The third-order valence-corrected chi connectivity index (χ3v) is 10.2. The Hall–Kier alpha value is -6.03. The van der Waals surface area contributed by atoms with Crippen molar-refractivity contribution >= 4 is 26.7 Å². The average Bonchev–Trinajstić information content (AvgIpc) is 3.81. The van der Waals surface area contributed by atoms with Crippen molar-refractivity contribution < 1.29 is 45.6 Å². The summed E-state index contributed by atoms with van der Waals surface area (Å²) in [7, 11) is -0.200. The van der Waals surface area contributed by atoms with Gasteiger partial charge < -0.3 is 19.1 Å². The lowest BCUT2D eigenvalue weighted by Crippen LogP contribution is -2.12. The molecule has 6 rings (SSSR count). The van der Waals surface area contributed by atoms with E-state index in [-0.39, 0.29) is 13.1 Å². The zero-order valence-corrected chi connectivity index (χ0v) is 41.6. The Morgan fingerprint density at radius 2 is 1.22 bits per heavy atom. The summed E-state index contributed by atoms with van der Waals surface area (Å²) < 4.78 is 69.2. The molecule has 3 aromatic heterocycles. The van der Waals surface area contributed by atoms with Gasteiger partial charge in [0.1, 0.15) is 30.0 Å². The van der Waals surface area contributed by atoms with Crippen LogP contribution in [0.5, 0.6) is 11.9 Å². The number of methoxy groups -OCH3 is 2. The molecular weight excluding hydrogens is 926 g/mol. The highest BCUT2D eigenvalue weighted by molar-refractivity contribution is 7.95. The van der Waals surface area contributed by atoms with E-state index in [0.717, 1.165) is 84.2 Å². The second-order valence-electron chi connectivity index (χ2n) is 14.0. The van der Waals surface area contributed by atoms with Crippen molar-refractivity contribution in [1.82, 2.24) is 34.7 Å². The van der Waals surface area contributed by atoms with Crippen LogP contribution in [-0.4, -0.2) is 81.0 Å². The van der Waals surface area contributed by atoms with Crippen molar-refractivity contribution in [2.75, 3.05) is 33.0 Å². The molecule has 3 aromatic carbocycles. The summed E-state index contributed by atoms with van der Waals surface area (Å²) in [6.07, 6.45) is 9.23. The van der Waals surface area contributed by atoms with Crippen LogP contribution in [0.2, 0.25) is 0 Å². The van der Waals surface area contributed by atoms with Crippen LogP contribution in [0.4, 0.5) is 18.9 Å². The highest BCUT2D eigenvalue weighted by Gasteiger charge is 2.29. The van der Waals surface area contributed by atoms with Crippen molar-refractivity contribution in [3.05, 3.63) is 147 Å². The van der Waals surface area contributed by atoms with E-state index >= 15 is 0 Å². The fourth-order valence-electron chi connectivity index (χ4n) is 5.00. The largest absolute Gasteiger partial charge is 0.707 e. The normalized spacial score (nSPS) is 10.4. The van der Waals surface area contributed by atoms with Crippen molar-refractivity contribution in [2.24, 2.45) is 0 Å². The number of benzene rings is 3. The van der Waals surface area contributed by atoms with Crippen LogP contribution in [0.25, 0.3) is 5.69 Å². The number of nitro groups is 1. The van der Waals surface area contributed by atoms with Crippen LogP contribution in [-0.2, 0) is 63.6 Å². The Balaban J connectivity index is 0.000000805. The van der Waals surface area contributed by atoms with E-state index in [1.807, 2.05) is 40.8 Å². The molecule has 16 nitrogen and oxygen atoms in total. The maximum atomic E-state index is 12.0. The molecule has 0 radical (unpaired) electrons. The summed E-state index contributed by atoms with van der Waals surface area (Å²) in [5.74, 6) is 3.04. The highest BCUT2D eigenvalue weighted by atomic mass is 32.2. The summed E-state index contributed by atoms with van der Waals surface area (Å²) in [4.78, 5) is 31.9. The zero-order valence-electron chi connectivity index (χ0n) is 40.0. The quantitative estimate of drug-likeness (QED) is 0.0513. The molecule has 3 heterocycles. The number of non-ortho nitro benzene ring substituents is 1. The Kier molecular flexibility index (Phi) is 29.0. The Bertz CT molecular complexity index is 2380. The molecule has 0 fully saturated rings. The molecule has 374 valence electrons. The predicted octanol–water partition coefficient (Wildman–Crippen LogP) is 9.08. The Labute approximate surface area is 402 Å². The fourth-order valence-corrected chi connectivity index (χ4v) is 5.69. The van der Waals surface area contributed by atoms with Gasteiger partial charge in [-0.05, 0) is 92.6 Å². The standard InChI is InChI=1S/C11H11N3O2.C10H15S.C9H9F3.C8H12N2O2.C7H11N3.CH4O4S.CH4/c1-2-9-7-12-13(8-9)10-3-5-11(6-4-10)14(15)16;1-4-9-5-7-10(8-6-9)11(2)3;1-2-7-3-5-8(6-4-7)9(10,11)12;1-4-6-5-7(11-2)10-8(9-6)12-3;1-4-7-9-5(2)8-6(3)10-7;1-6(3,4)5-2;/h3-8H,2H2,1H3;5-8H,4H2,1-3H3;3-6H,2H2,1H3;5H,4H2,1-3H3;4H2,1-3H3;2H,1H3;1H4/q;+1;;;;;/p-1. The second kappa shape index (κ2) is 31.9. The number of nitro benzene ring substituents is 1. The minimum atomic E-state index is -4.22. The maximum Gasteiger partial charge on any atom is 0.416 e. The summed E-state index contributed by atoms with van der Waals surface area (Å²) >= 11 is 0. The molecule has 0 spiro atoms. The molecule has 0 bridgehead atoms. The van der Waals surface area contributed by atoms with E-state index in [4.69, 9.17) is 14.7 Å². The van der Waals surface area contributed by atoms with Gasteiger partial charge in [-0.15, -0.1) is 0 Å². The van der Waals surface area contributed by atoms with E-state index in [0.29, 0.717) is 29.0 Å². The number of aryl methyl sites for hydroxylation is 7. The van der Waals surface area contributed by atoms with Crippen LogP contribution in [0.1, 0.15) is 87.5 Å². The molecule has 0 saturated carbocycles. The zero-order chi connectivity index (χ0) is 50.7. The van der Waals surface area contributed by atoms with Crippen molar-refractivity contribution in [3.63, 3.8) is 0 Å². The number of nitrogens with zero attached hydrogens (tertiary/aromatic N) is 8. The first-order valence-corrected chi connectivity index (χ1v) is 24.7. The minimum absolute atomic E-state index is 0. The van der Waals surface area contributed by atoms with Gasteiger partial charge in [0.15, 0.2) is 4.90 Å². The summed E-state index contributed by atoms with van der Waals surface area (Å²) in [6, 6.07) is 22.6. The smallest absolute Gasteiger partial charge is 0.416 e. The molecule has 0 atom stereocenters. The fraction of sp³-hybridized carbons (Fsp3) is 0.404. The monoisotopic (exact) mass is 990 g/mol. The number of rotatable bonds is 11. The first kappa shape index (κ1) is 62.0. The number of alkyl halides is 3. The van der Waals surface area contributed by atoms with Gasteiger partial charge in [0.2, 0.25) is 5.88 Å². The summed E-state index contributed by atoms with van der Waals surface area (Å²) in [5.41, 5.74) is 4.73. The molecule has 6 aromatic rings. The molecule has 21 heteroatoms. The number of hydrogen-bond donors (Lipinski definition) is 0. The lowest BCUT2D eigenvalue weighted by atomic mass is 10.1. The van der Waals surface area contributed by atoms with E-state index in [2.05, 4.69) is 85.0 Å². The van der Waals surface area contributed by atoms with Crippen LogP contribution in [0.15, 0.2) is 96.2 Å². The minimum Gasteiger partial charge on any atom is -0.707 e. The third kappa shape index (κ3) is 24.7. The Morgan fingerprint density at radius 1 is 0.721 bits per heavy atom. The maximum absolute atomic E-state index is 12.0. The second-order valence-corrected chi connectivity index (χ2v) is 17.6. The molecule has 68 heavy (non-hydrogen) atoms. The van der Waals surface area contributed by atoms with Crippen LogP contribution in [0.3, 0.4) is 0 Å². The van der Waals surface area contributed by atoms with E-state index in [9.17, 15) is 31.7 Å². The molecule has 0 aliphatic heterocycles. The van der Waals surface area contributed by atoms with Gasteiger partial charge in [-0.1, -0.05) is 66.3 Å². The Morgan fingerprint density at radius 3 is 1.59 bits per heavy atom. The number of halogens is 3. The molecule has 0 aliphatic carbocycles. The molecule has 0 amide bonds. The molecule has 0 saturated heterocycles. The van der Waals surface area contributed by atoms with Gasteiger partial charge in [0, 0.05) is 41.7 Å². The SMILES string of the molecule is C.CCc1cc(OC)nc(OC)n1.CCc1ccc(C(F)(F)F)cc1.CCc1ccc([S+](C)C)cc1.CCc1cnn(-c2ccc([N+](=O)[O-])cc2)c1.CCc1nc(C)nc(C)n1.CS(=O)(=O)O[O-]. The lowest BCUT2D eigenvalue weighted by Gasteiger charge is -2.06. The first-order chi connectivity index (χ1) is 31.6. The molecule has 0 N–H and O–H groups in total. The average molecular weight is 991 g/mol. The molecular formula is C47H65F3N8O8S2. The van der Waals surface area contributed by atoms with E-state index in [1.165, 1.54) is 41.8 Å². The number of hydrogen-bond acceptors (Lipinski definition) is 14. The van der Waals surface area contributed by atoms with Crippen LogP contribution < -0.4 is 14.7 Å². The van der Waals surface area contributed by atoms with Gasteiger partial charge in [-0.25, -0.2) is 33.0 Å². The number of aromatic nitrogens is 7. The topological polar surface area (TPSA) is 210 Å². The lowest BCUT2D eigenvalue weighted by molar-refractivity contribution is -0.634. The summed E-state index contributed by atoms with van der Waals surface area (Å²) in [6.45, 7) is 14.0. The first-order valence-electron chi connectivity index (χ1n) is 20.8. The van der Waals surface area contributed by atoms with Crippen molar-refractivity contribution in [2.45, 2.75) is 99.1 Å². The van der Waals surface area contributed by atoms with Crippen LogP contribution >= 0.6 is 0 Å². The predicted molar refractivity (Wildman–Crippen MR) is 260 cm³/mol. The van der Waals surface area contributed by atoms with Gasteiger partial charge in [-0.3, -0.25) is 10.1 Å². The van der Waals surface area contributed by atoms with Gasteiger partial charge in [-0.2, -0.15) is 23.3 Å². The highest BCUT2D eigenvalue weighted by Crippen LogP contribution is 2.29. The van der Waals surface area contributed by atoms with E-state index < -0.39 is 26.8 Å².